The highest BCUT2D eigenvalue weighted by Gasteiger charge is 2.18. The number of hydrogen-bond donors (Lipinski definition) is 2. The molecule has 19 heavy (non-hydrogen) atoms. The Balaban J connectivity index is 2.76. The van der Waals surface area contributed by atoms with Crippen LogP contribution in [0.5, 0.6) is 0 Å². The van der Waals surface area contributed by atoms with Crippen LogP contribution in [0.1, 0.15) is 17.3 Å². The smallest absolute Gasteiger partial charge is 0.253 e. The number of anilines is 1. The van der Waals surface area contributed by atoms with Crippen molar-refractivity contribution in [2.45, 2.75) is 6.92 Å². The molecule has 3 N–H and O–H groups in total. The van der Waals surface area contributed by atoms with Gasteiger partial charge in [0.15, 0.2) is 0 Å². The Morgan fingerprint density at radius 3 is 2.63 bits per heavy atom. The van der Waals surface area contributed by atoms with E-state index in [1.807, 2.05) is 0 Å². The van der Waals surface area contributed by atoms with Gasteiger partial charge in [-0.3, -0.25) is 9.59 Å². The van der Waals surface area contributed by atoms with Crippen LogP contribution in [0.15, 0.2) is 22.7 Å². The Hall–Kier alpha value is -1.56. The molecule has 6 heteroatoms. The lowest BCUT2D eigenvalue weighted by Crippen LogP contribution is -2.37. The molecule has 1 rings (SSSR count). The maximum atomic E-state index is 12.2. The van der Waals surface area contributed by atoms with Gasteiger partial charge in [-0.2, -0.15) is 0 Å². The molecule has 1 atom stereocenters. The minimum Gasteiger partial charge on any atom is -0.398 e. The van der Waals surface area contributed by atoms with Crippen LogP contribution in [-0.4, -0.2) is 37.4 Å². The molecule has 0 aliphatic heterocycles. The molecular formula is C13H18BrN3O2. The van der Waals surface area contributed by atoms with Crippen molar-refractivity contribution in [1.29, 1.82) is 0 Å². The Bertz CT molecular complexity index is 491. The maximum Gasteiger partial charge on any atom is 0.253 e. The van der Waals surface area contributed by atoms with E-state index in [1.54, 1.807) is 39.2 Å². The normalized spacial score (nSPS) is 11.8. The van der Waals surface area contributed by atoms with Crippen molar-refractivity contribution in [3.63, 3.8) is 0 Å². The molecule has 0 radical (unpaired) electrons. The second kappa shape index (κ2) is 6.56. The van der Waals surface area contributed by atoms with Gasteiger partial charge in [0.2, 0.25) is 5.91 Å². The summed E-state index contributed by atoms with van der Waals surface area (Å²) >= 11 is 3.28. The number of halogens is 1. The van der Waals surface area contributed by atoms with Gasteiger partial charge in [0.25, 0.3) is 5.91 Å². The quantitative estimate of drug-likeness (QED) is 0.822. The first kappa shape index (κ1) is 15.5. The Labute approximate surface area is 121 Å². The third kappa shape index (κ3) is 3.96. The molecule has 1 aromatic rings. The SMILES string of the molecule is CNC(=O)C(C)CN(C)C(=O)c1ccc(Br)c(N)c1. The molecule has 104 valence electrons. The first-order valence-corrected chi connectivity index (χ1v) is 6.68. The number of amides is 2. The summed E-state index contributed by atoms with van der Waals surface area (Å²) in [5.74, 6) is -0.503. The minimum absolute atomic E-state index is 0.0880. The second-order valence-electron chi connectivity index (χ2n) is 4.44. The average molecular weight is 328 g/mol. The fourth-order valence-corrected chi connectivity index (χ4v) is 1.97. The lowest BCUT2D eigenvalue weighted by atomic mass is 10.1. The number of nitrogens with two attached hydrogens (primary N) is 1. The molecule has 0 aliphatic carbocycles. The summed E-state index contributed by atoms with van der Waals surface area (Å²) in [5.41, 5.74) is 6.77. The van der Waals surface area contributed by atoms with E-state index in [2.05, 4.69) is 21.2 Å². The molecule has 0 spiro atoms. The molecule has 0 saturated heterocycles. The molecule has 0 fully saturated rings. The van der Waals surface area contributed by atoms with Crippen LogP contribution < -0.4 is 11.1 Å². The van der Waals surface area contributed by atoms with E-state index in [0.717, 1.165) is 4.47 Å². The molecule has 1 unspecified atom stereocenters. The highest BCUT2D eigenvalue weighted by Crippen LogP contribution is 2.21. The Morgan fingerprint density at radius 2 is 2.11 bits per heavy atom. The Morgan fingerprint density at radius 1 is 1.47 bits per heavy atom. The van der Waals surface area contributed by atoms with E-state index < -0.39 is 0 Å². The van der Waals surface area contributed by atoms with Crippen molar-refractivity contribution >= 4 is 33.4 Å². The molecule has 0 saturated carbocycles. The average Bonchev–Trinajstić information content (AvgIpc) is 2.39. The van der Waals surface area contributed by atoms with Crippen LogP contribution in [0.2, 0.25) is 0 Å². The molecule has 1 aromatic carbocycles. The zero-order chi connectivity index (χ0) is 14.6. The predicted molar refractivity (Wildman–Crippen MR) is 78.7 cm³/mol. The summed E-state index contributed by atoms with van der Waals surface area (Å²) in [4.78, 5) is 25.1. The standard InChI is InChI=1S/C13H18BrN3O2/c1-8(12(18)16-2)7-17(3)13(19)9-4-5-10(14)11(15)6-9/h4-6,8H,7,15H2,1-3H3,(H,16,18). The van der Waals surface area contributed by atoms with E-state index in [9.17, 15) is 9.59 Å². The fourth-order valence-electron chi connectivity index (χ4n) is 1.72. The van der Waals surface area contributed by atoms with Crippen LogP contribution in [-0.2, 0) is 4.79 Å². The van der Waals surface area contributed by atoms with Gasteiger partial charge in [-0.1, -0.05) is 6.92 Å². The maximum absolute atomic E-state index is 12.2. The minimum atomic E-state index is -0.258. The van der Waals surface area contributed by atoms with Crippen LogP contribution in [0.25, 0.3) is 0 Å². The Kier molecular flexibility index (Phi) is 5.35. The summed E-state index contributed by atoms with van der Waals surface area (Å²) in [6.45, 7) is 2.13. The zero-order valence-electron chi connectivity index (χ0n) is 11.2. The number of nitrogens with one attached hydrogen (secondary N) is 1. The van der Waals surface area contributed by atoms with Gasteiger partial charge >= 0.3 is 0 Å². The molecular weight excluding hydrogens is 310 g/mol. The van der Waals surface area contributed by atoms with Gasteiger partial charge in [-0.25, -0.2) is 0 Å². The van der Waals surface area contributed by atoms with Gasteiger partial charge in [0, 0.05) is 36.4 Å². The lowest BCUT2D eigenvalue weighted by molar-refractivity contribution is -0.124. The van der Waals surface area contributed by atoms with E-state index in [1.165, 1.54) is 4.90 Å². The summed E-state index contributed by atoms with van der Waals surface area (Å²) < 4.78 is 0.755. The molecule has 0 aliphatic rings. The second-order valence-corrected chi connectivity index (χ2v) is 5.29. The van der Waals surface area contributed by atoms with Gasteiger partial charge in [0.05, 0.1) is 5.92 Å². The van der Waals surface area contributed by atoms with Crippen LogP contribution in [0, 0.1) is 5.92 Å². The number of rotatable bonds is 4. The first-order valence-electron chi connectivity index (χ1n) is 5.89. The van der Waals surface area contributed by atoms with Gasteiger partial charge in [-0.05, 0) is 34.1 Å². The zero-order valence-corrected chi connectivity index (χ0v) is 12.8. The van der Waals surface area contributed by atoms with Crippen molar-refractivity contribution in [2.24, 2.45) is 5.92 Å². The summed E-state index contributed by atoms with van der Waals surface area (Å²) in [5, 5.41) is 2.56. The largest absolute Gasteiger partial charge is 0.398 e. The third-order valence-electron chi connectivity index (χ3n) is 2.83. The van der Waals surface area contributed by atoms with Crippen LogP contribution in [0.3, 0.4) is 0 Å². The topological polar surface area (TPSA) is 75.4 Å². The summed E-state index contributed by atoms with van der Waals surface area (Å²) in [7, 11) is 3.25. The molecule has 0 aromatic heterocycles. The van der Waals surface area contributed by atoms with Crippen molar-refractivity contribution in [3.8, 4) is 0 Å². The molecule has 0 heterocycles. The van der Waals surface area contributed by atoms with Gasteiger partial charge in [-0.15, -0.1) is 0 Å². The van der Waals surface area contributed by atoms with Crippen molar-refractivity contribution in [1.82, 2.24) is 10.2 Å². The van der Waals surface area contributed by atoms with Crippen LogP contribution >= 0.6 is 15.9 Å². The lowest BCUT2D eigenvalue weighted by Gasteiger charge is -2.21. The fraction of sp³-hybridized carbons (Fsp3) is 0.385. The third-order valence-corrected chi connectivity index (χ3v) is 3.55. The van der Waals surface area contributed by atoms with Crippen LogP contribution in [0.4, 0.5) is 5.69 Å². The number of benzene rings is 1. The summed E-state index contributed by atoms with van der Waals surface area (Å²) in [6, 6.07) is 5.05. The van der Waals surface area contributed by atoms with E-state index in [0.29, 0.717) is 17.8 Å². The first-order chi connectivity index (χ1) is 8.86. The van der Waals surface area contributed by atoms with Crippen molar-refractivity contribution in [3.05, 3.63) is 28.2 Å². The number of carbonyl (C=O) groups excluding carboxylic acids is 2. The van der Waals surface area contributed by atoms with E-state index >= 15 is 0 Å². The van der Waals surface area contributed by atoms with Gasteiger partial charge in [0.1, 0.15) is 0 Å². The molecule has 5 nitrogen and oxygen atoms in total. The number of hydrogen-bond acceptors (Lipinski definition) is 3. The molecule has 2 amide bonds. The predicted octanol–water partition coefficient (Wildman–Crippen LogP) is 1.49. The van der Waals surface area contributed by atoms with Gasteiger partial charge < -0.3 is 16.0 Å². The van der Waals surface area contributed by atoms with E-state index in [4.69, 9.17) is 5.73 Å². The van der Waals surface area contributed by atoms with Crippen molar-refractivity contribution < 1.29 is 9.59 Å². The molecule has 0 bridgehead atoms. The highest BCUT2D eigenvalue weighted by atomic mass is 79.9. The highest BCUT2D eigenvalue weighted by molar-refractivity contribution is 9.10. The number of carbonyl (C=O) groups is 2. The monoisotopic (exact) mass is 327 g/mol. The van der Waals surface area contributed by atoms with Crippen molar-refractivity contribution in [2.75, 3.05) is 26.4 Å². The number of nitrogens with zero attached hydrogens (tertiary/aromatic N) is 1. The number of nitrogen functional groups attached to an aromatic ring is 1. The summed E-state index contributed by atoms with van der Waals surface area (Å²) in [6.07, 6.45) is 0. The van der Waals surface area contributed by atoms with E-state index in [-0.39, 0.29) is 17.7 Å².